The van der Waals surface area contributed by atoms with Gasteiger partial charge in [0.05, 0.1) is 30.1 Å². The van der Waals surface area contributed by atoms with E-state index in [9.17, 15) is 9.59 Å². The quantitative estimate of drug-likeness (QED) is 0.882. The molecule has 1 spiro atoms. The summed E-state index contributed by atoms with van der Waals surface area (Å²) in [6.07, 6.45) is 3.82. The van der Waals surface area contributed by atoms with Crippen molar-refractivity contribution in [2.24, 2.45) is 5.92 Å². The fourth-order valence-electron chi connectivity index (χ4n) is 3.96. The van der Waals surface area contributed by atoms with Crippen LogP contribution in [0.15, 0.2) is 36.4 Å². The van der Waals surface area contributed by atoms with Crippen LogP contribution in [0, 0.1) is 5.92 Å². The summed E-state index contributed by atoms with van der Waals surface area (Å²) in [4.78, 5) is 28.9. The molecule has 1 amide bonds. The number of fused-ring (bicyclic) bond motifs is 1. The Hall–Kier alpha value is -2.43. The number of carbonyl (C=O) groups excluding carboxylic acids is 2. The molecule has 2 fully saturated rings. The van der Waals surface area contributed by atoms with Crippen LogP contribution in [0.1, 0.15) is 37.8 Å². The topological polar surface area (TPSA) is 68.3 Å². The lowest BCUT2D eigenvalue weighted by Crippen LogP contribution is -2.42. The molecule has 0 radical (unpaired) electrons. The second-order valence-corrected chi connectivity index (χ2v) is 6.72. The molecule has 5 nitrogen and oxygen atoms in total. The van der Waals surface area contributed by atoms with Crippen molar-refractivity contribution in [3.8, 4) is 0 Å². The molecule has 1 saturated carbocycles. The Morgan fingerprint density at radius 2 is 2.00 bits per heavy atom. The Balaban J connectivity index is 1.46. The number of amides is 1. The van der Waals surface area contributed by atoms with E-state index in [-0.39, 0.29) is 24.2 Å². The molecule has 1 aromatic heterocycles. The molecular weight excluding hydrogens is 304 g/mol. The number of rotatable bonds is 3. The second-order valence-electron chi connectivity index (χ2n) is 6.72. The Morgan fingerprint density at radius 1 is 1.21 bits per heavy atom. The number of aromatic nitrogens is 1. The average molecular weight is 324 g/mol. The molecular formula is C19H20N2O3. The van der Waals surface area contributed by atoms with Crippen molar-refractivity contribution in [3.05, 3.63) is 42.1 Å². The van der Waals surface area contributed by atoms with Gasteiger partial charge in [-0.15, -0.1) is 0 Å². The molecule has 1 aromatic carbocycles. The van der Waals surface area contributed by atoms with Crippen LogP contribution in [-0.2, 0) is 20.9 Å². The van der Waals surface area contributed by atoms with E-state index in [2.05, 4.69) is 10.3 Å². The highest BCUT2D eigenvalue weighted by molar-refractivity contribution is 5.88. The zero-order valence-corrected chi connectivity index (χ0v) is 13.5. The first kappa shape index (κ1) is 15.1. The van der Waals surface area contributed by atoms with Gasteiger partial charge >= 0.3 is 5.97 Å². The standard InChI is InChI=1S/C19H20N2O3/c22-17-11-15(19(24-17)9-3-4-10-19)18(23)20-12-14-8-7-13-5-1-2-6-16(13)21-14/h1-2,5-8,15H,3-4,9-12H2,(H,20,23)/t15-/m0/s1. The molecule has 1 aliphatic carbocycles. The molecule has 1 saturated heterocycles. The van der Waals surface area contributed by atoms with Crippen molar-refractivity contribution in [3.63, 3.8) is 0 Å². The number of para-hydroxylation sites is 1. The van der Waals surface area contributed by atoms with Crippen molar-refractivity contribution < 1.29 is 14.3 Å². The van der Waals surface area contributed by atoms with E-state index in [1.807, 2.05) is 36.4 Å². The second kappa shape index (κ2) is 5.89. The maximum absolute atomic E-state index is 12.6. The summed E-state index contributed by atoms with van der Waals surface area (Å²) in [7, 11) is 0. The fraction of sp³-hybridized carbons (Fsp3) is 0.421. The number of hydrogen-bond acceptors (Lipinski definition) is 4. The maximum atomic E-state index is 12.6. The van der Waals surface area contributed by atoms with E-state index in [4.69, 9.17) is 4.74 Å². The minimum atomic E-state index is -0.558. The summed E-state index contributed by atoms with van der Waals surface area (Å²) in [6, 6.07) is 11.8. The lowest BCUT2D eigenvalue weighted by Gasteiger charge is -2.27. The van der Waals surface area contributed by atoms with E-state index >= 15 is 0 Å². The Kier molecular flexibility index (Phi) is 3.71. The predicted molar refractivity (Wildman–Crippen MR) is 89.0 cm³/mol. The maximum Gasteiger partial charge on any atom is 0.307 e. The van der Waals surface area contributed by atoms with Crippen LogP contribution in [-0.4, -0.2) is 22.5 Å². The van der Waals surface area contributed by atoms with E-state index < -0.39 is 5.60 Å². The fourth-order valence-corrected chi connectivity index (χ4v) is 3.96. The molecule has 0 unspecified atom stereocenters. The van der Waals surface area contributed by atoms with Gasteiger partial charge in [-0.05, 0) is 37.8 Å². The molecule has 24 heavy (non-hydrogen) atoms. The molecule has 1 N–H and O–H groups in total. The van der Waals surface area contributed by atoms with Gasteiger partial charge in [-0.1, -0.05) is 24.3 Å². The molecule has 4 rings (SSSR count). The predicted octanol–water partition coefficient (Wildman–Crippen LogP) is 2.73. The van der Waals surface area contributed by atoms with Crippen LogP contribution in [0.4, 0.5) is 0 Å². The highest BCUT2D eigenvalue weighted by Crippen LogP contribution is 2.45. The van der Waals surface area contributed by atoms with Gasteiger partial charge in [0, 0.05) is 5.39 Å². The van der Waals surface area contributed by atoms with Crippen LogP contribution in [0.5, 0.6) is 0 Å². The summed E-state index contributed by atoms with van der Waals surface area (Å²) in [5, 5.41) is 4.02. The first-order valence-corrected chi connectivity index (χ1v) is 8.51. The monoisotopic (exact) mass is 324 g/mol. The van der Waals surface area contributed by atoms with E-state index in [0.717, 1.165) is 42.3 Å². The summed E-state index contributed by atoms with van der Waals surface area (Å²) in [5.41, 5.74) is 1.17. The average Bonchev–Trinajstić information content (AvgIpc) is 3.19. The number of benzene rings is 1. The number of hydrogen-bond donors (Lipinski definition) is 1. The van der Waals surface area contributed by atoms with Gasteiger partial charge in [-0.2, -0.15) is 0 Å². The summed E-state index contributed by atoms with van der Waals surface area (Å²) >= 11 is 0. The van der Waals surface area contributed by atoms with Crippen molar-refractivity contribution >= 4 is 22.8 Å². The molecule has 1 atom stereocenters. The summed E-state index contributed by atoms with van der Waals surface area (Å²) in [6.45, 7) is 0.366. The van der Waals surface area contributed by atoms with Crippen molar-refractivity contribution in [2.75, 3.05) is 0 Å². The number of nitrogens with one attached hydrogen (secondary N) is 1. The highest BCUT2D eigenvalue weighted by Gasteiger charge is 2.53. The number of pyridine rings is 1. The van der Waals surface area contributed by atoms with Gasteiger partial charge in [0.25, 0.3) is 0 Å². The SMILES string of the molecule is O=C1C[C@@H](C(=O)NCc2ccc3ccccc3n2)C2(CCCC2)O1. The van der Waals surface area contributed by atoms with Crippen LogP contribution in [0.25, 0.3) is 10.9 Å². The summed E-state index contributed by atoms with van der Waals surface area (Å²) < 4.78 is 5.54. The third-order valence-electron chi connectivity index (χ3n) is 5.19. The van der Waals surface area contributed by atoms with Gasteiger partial charge in [-0.25, -0.2) is 0 Å². The molecule has 124 valence electrons. The lowest BCUT2D eigenvalue weighted by atomic mass is 9.85. The number of esters is 1. The van der Waals surface area contributed by atoms with Crippen LogP contribution < -0.4 is 5.32 Å². The number of carbonyl (C=O) groups is 2. The smallest absolute Gasteiger partial charge is 0.307 e. The van der Waals surface area contributed by atoms with E-state index in [1.165, 1.54) is 0 Å². The van der Waals surface area contributed by atoms with Gasteiger partial charge in [-0.3, -0.25) is 14.6 Å². The third kappa shape index (κ3) is 2.64. The van der Waals surface area contributed by atoms with Crippen molar-refractivity contribution in [1.29, 1.82) is 0 Å². The minimum absolute atomic E-state index is 0.0993. The van der Waals surface area contributed by atoms with Crippen molar-refractivity contribution in [2.45, 2.75) is 44.2 Å². The van der Waals surface area contributed by atoms with Crippen LogP contribution in [0.3, 0.4) is 0 Å². The molecule has 1 aliphatic heterocycles. The molecule has 2 aliphatic rings. The van der Waals surface area contributed by atoms with Gasteiger partial charge in [0.2, 0.25) is 5.91 Å². The third-order valence-corrected chi connectivity index (χ3v) is 5.19. The van der Waals surface area contributed by atoms with Crippen LogP contribution >= 0.6 is 0 Å². The first-order chi connectivity index (χ1) is 11.7. The Bertz CT molecular complexity index is 796. The minimum Gasteiger partial charge on any atom is -0.458 e. The van der Waals surface area contributed by atoms with E-state index in [1.54, 1.807) is 0 Å². The van der Waals surface area contributed by atoms with E-state index in [0.29, 0.717) is 6.54 Å². The number of nitrogens with zero attached hydrogens (tertiary/aromatic N) is 1. The molecule has 2 heterocycles. The zero-order valence-electron chi connectivity index (χ0n) is 13.5. The largest absolute Gasteiger partial charge is 0.458 e. The van der Waals surface area contributed by atoms with Gasteiger partial charge in [0.15, 0.2) is 0 Å². The lowest BCUT2D eigenvalue weighted by molar-refractivity contribution is -0.149. The van der Waals surface area contributed by atoms with Crippen LogP contribution in [0.2, 0.25) is 0 Å². The zero-order chi connectivity index (χ0) is 16.6. The van der Waals surface area contributed by atoms with Gasteiger partial charge in [0.1, 0.15) is 5.60 Å². The first-order valence-electron chi connectivity index (χ1n) is 8.51. The summed E-state index contributed by atoms with van der Waals surface area (Å²) in [5.74, 6) is -0.716. The molecule has 2 aromatic rings. The molecule has 5 heteroatoms. The molecule has 0 bridgehead atoms. The number of ether oxygens (including phenoxy) is 1. The Labute approximate surface area is 140 Å². The normalized spacial score (nSPS) is 22.0. The van der Waals surface area contributed by atoms with Crippen molar-refractivity contribution in [1.82, 2.24) is 10.3 Å². The Morgan fingerprint density at radius 3 is 2.83 bits per heavy atom. The van der Waals surface area contributed by atoms with Gasteiger partial charge < -0.3 is 10.1 Å². The highest BCUT2D eigenvalue weighted by atomic mass is 16.6.